The van der Waals surface area contributed by atoms with Crippen molar-refractivity contribution in [3.8, 4) is 5.75 Å². The number of hydrogen-bond donors (Lipinski definition) is 1. The van der Waals surface area contributed by atoms with Crippen LogP contribution < -0.4 is 10.1 Å². The van der Waals surface area contributed by atoms with Crippen molar-refractivity contribution in [1.29, 1.82) is 0 Å². The van der Waals surface area contributed by atoms with E-state index in [0.717, 1.165) is 17.0 Å². The van der Waals surface area contributed by atoms with Gasteiger partial charge in [0.05, 0.1) is 18.1 Å². The molecule has 0 aliphatic heterocycles. The van der Waals surface area contributed by atoms with Crippen LogP contribution in [0.5, 0.6) is 5.75 Å². The zero-order chi connectivity index (χ0) is 12.6. The number of ether oxygens (including phenoxy) is 1. The summed E-state index contributed by atoms with van der Waals surface area (Å²) in [6.45, 7) is 4.81. The second-order valence-corrected chi connectivity index (χ2v) is 3.69. The van der Waals surface area contributed by atoms with E-state index in [9.17, 15) is 0 Å². The van der Waals surface area contributed by atoms with Gasteiger partial charge in [-0.1, -0.05) is 30.9 Å². The molecule has 0 bridgehead atoms. The molecule has 0 radical (unpaired) electrons. The van der Waals surface area contributed by atoms with Crippen molar-refractivity contribution in [2.24, 2.45) is 0 Å². The molecule has 2 aromatic rings. The Morgan fingerprint density at radius 2 is 2.00 bits per heavy atom. The number of nitrogens with zero attached hydrogens (tertiary/aromatic N) is 2. The molecule has 0 aliphatic rings. The summed E-state index contributed by atoms with van der Waals surface area (Å²) in [5, 5.41) is 3.25. The number of para-hydroxylation sites is 1. The molecule has 0 saturated carbocycles. The van der Waals surface area contributed by atoms with Gasteiger partial charge < -0.3 is 10.1 Å². The Morgan fingerprint density at radius 3 is 2.78 bits per heavy atom. The van der Waals surface area contributed by atoms with E-state index in [-0.39, 0.29) is 0 Å². The largest absolute Gasteiger partial charge is 0.489 e. The normalized spacial score (nSPS) is 9.78. The standard InChI is InChI=1S/C14H15N3O/c1-2-7-18-14-6-4-3-5-12(14)8-17-13-9-15-11-16-10-13/h2-6,9-11,17H,1,7-8H2. The molecule has 1 aromatic heterocycles. The maximum Gasteiger partial charge on any atom is 0.124 e. The first-order valence-electron chi connectivity index (χ1n) is 5.70. The Morgan fingerprint density at radius 1 is 1.22 bits per heavy atom. The summed E-state index contributed by atoms with van der Waals surface area (Å²) < 4.78 is 5.59. The summed E-state index contributed by atoms with van der Waals surface area (Å²) in [6, 6.07) is 7.91. The first-order chi connectivity index (χ1) is 8.90. The molecule has 0 aliphatic carbocycles. The van der Waals surface area contributed by atoms with Gasteiger partial charge in [0, 0.05) is 12.1 Å². The number of aromatic nitrogens is 2. The quantitative estimate of drug-likeness (QED) is 0.790. The van der Waals surface area contributed by atoms with Gasteiger partial charge in [-0.15, -0.1) is 0 Å². The summed E-state index contributed by atoms with van der Waals surface area (Å²) in [4.78, 5) is 7.90. The fourth-order valence-electron chi connectivity index (χ4n) is 1.53. The average molecular weight is 241 g/mol. The number of hydrogen-bond acceptors (Lipinski definition) is 4. The Balaban J connectivity index is 2.02. The second-order valence-electron chi connectivity index (χ2n) is 3.69. The summed E-state index contributed by atoms with van der Waals surface area (Å²) >= 11 is 0. The SMILES string of the molecule is C=CCOc1ccccc1CNc1cncnc1. The number of benzene rings is 1. The predicted molar refractivity (Wildman–Crippen MR) is 71.5 cm³/mol. The van der Waals surface area contributed by atoms with E-state index in [1.165, 1.54) is 6.33 Å². The van der Waals surface area contributed by atoms with E-state index in [4.69, 9.17) is 4.74 Å². The van der Waals surface area contributed by atoms with E-state index in [2.05, 4.69) is 21.9 Å². The lowest BCUT2D eigenvalue weighted by Gasteiger charge is -2.11. The molecule has 92 valence electrons. The molecule has 0 fully saturated rings. The van der Waals surface area contributed by atoms with Gasteiger partial charge in [0.2, 0.25) is 0 Å². The average Bonchev–Trinajstić information content (AvgIpc) is 2.45. The van der Waals surface area contributed by atoms with Crippen LogP contribution in [-0.2, 0) is 6.54 Å². The van der Waals surface area contributed by atoms with Crippen molar-refractivity contribution in [3.05, 3.63) is 61.2 Å². The number of anilines is 1. The number of rotatable bonds is 6. The van der Waals surface area contributed by atoms with Crippen molar-refractivity contribution in [3.63, 3.8) is 0 Å². The molecule has 1 N–H and O–H groups in total. The van der Waals surface area contributed by atoms with Crippen molar-refractivity contribution in [2.45, 2.75) is 6.54 Å². The fourth-order valence-corrected chi connectivity index (χ4v) is 1.53. The summed E-state index contributed by atoms with van der Waals surface area (Å²) in [5.74, 6) is 0.863. The van der Waals surface area contributed by atoms with Crippen LogP contribution in [0, 0.1) is 0 Å². The smallest absolute Gasteiger partial charge is 0.124 e. The highest BCUT2D eigenvalue weighted by Gasteiger charge is 2.02. The monoisotopic (exact) mass is 241 g/mol. The first kappa shape index (κ1) is 12.1. The van der Waals surface area contributed by atoms with Crippen LogP contribution in [0.1, 0.15) is 5.56 Å². The van der Waals surface area contributed by atoms with Gasteiger partial charge in [0.25, 0.3) is 0 Å². The molecule has 1 heterocycles. The van der Waals surface area contributed by atoms with E-state index in [1.807, 2.05) is 24.3 Å². The van der Waals surface area contributed by atoms with Crippen LogP contribution in [-0.4, -0.2) is 16.6 Å². The summed E-state index contributed by atoms with van der Waals surface area (Å²) in [7, 11) is 0. The van der Waals surface area contributed by atoms with Crippen molar-refractivity contribution in [2.75, 3.05) is 11.9 Å². The molecule has 4 heteroatoms. The molecular weight excluding hydrogens is 226 g/mol. The first-order valence-corrected chi connectivity index (χ1v) is 5.70. The lowest BCUT2D eigenvalue weighted by molar-refractivity contribution is 0.359. The third-order valence-electron chi connectivity index (χ3n) is 2.37. The molecular formula is C14H15N3O. The highest BCUT2D eigenvalue weighted by Crippen LogP contribution is 2.19. The molecule has 1 aromatic carbocycles. The van der Waals surface area contributed by atoms with Crippen LogP contribution in [0.15, 0.2) is 55.6 Å². The van der Waals surface area contributed by atoms with Crippen molar-refractivity contribution >= 4 is 5.69 Å². The van der Waals surface area contributed by atoms with Gasteiger partial charge in [-0.25, -0.2) is 9.97 Å². The maximum atomic E-state index is 5.59. The third kappa shape index (κ3) is 3.31. The van der Waals surface area contributed by atoms with Gasteiger partial charge in [0.15, 0.2) is 0 Å². The van der Waals surface area contributed by atoms with Crippen LogP contribution >= 0.6 is 0 Å². The lowest BCUT2D eigenvalue weighted by Crippen LogP contribution is -2.03. The lowest BCUT2D eigenvalue weighted by atomic mass is 10.2. The molecule has 0 saturated heterocycles. The van der Waals surface area contributed by atoms with Gasteiger partial charge in [-0.05, 0) is 6.07 Å². The molecule has 4 nitrogen and oxygen atoms in total. The minimum absolute atomic E-state index is 0.505. The van der Waals surface area contributed by atoms with Crippen LogP contribution in [0.25, 0.3) is 0 Å². The van der Waals surface area contributed by atoms with E-state index < -0.39 is 0 Å². The molecule has 0 atom stereocenters. The van der Waals surface area contributed by atoms with E-state index >= 15 is 0 Å². The van der Waals surface area contributed by atoms with Gasteiger partial charge >= 0.3 is 0 Å². The third-order valence-corrected chi connectivity index (χ3v) is 2.37. The number of nitrogens with one attached hydrogen (secondary N) is 1. The Bertz CT molecular complexity index is 499. The van der Waals surface area contributed by atoms with Gasteiger partial charge in [0.1, 0.15) is 18.7 Å². The summed E-state index contributed by atoms with van der Waals surface area (Å²) in [5.41, 5.74) is 1.97. The predicted octanol–water partition coefficient (Wildman–Crippen LogP) is 2.65. The Labute approximate surface area is 106 Å². The molecule has 18 heavy (non-hydrogen) atoms. The zero-order valence-corrected chi connectivity index (χ0v) is 10.0. The molecule has 2 rings (SSSR count). The van der Waals surface area contributed by atoms with E-state index in [0.29, 0.717) is 13.2 Å². The van der Waals surface area contributed by atoms with Crippen LogP contribution in [0.4, 0.5) is 5.69 Å². The minimum atomic E-state index is 0.505. The molecule has 0 unspecified atom stereocenters. The topological polar surface area (TPSA) is 47.0 Å². The van der Waals surface area contributed by atoms with Gasteiger partial charge in [-0.2, -0.15) is 0 Å². The molecule has 0 amide bonds. The second kappa shape index (κ2) is 6.39. The fraction of sp³-hybridized carbons (Fsp3) is 0.143. The minimum Gasteiger partial charge on any atom is -0.489 e. The molecule has 0 spiro atoms. The van der Waals surface area contributed by atoms with Crippen LogP contribution in [0.2, 0.25) is 0 Å². The van der Waals surface area contributed by atoms with Gasteiger partial charge in [-0.3, -0.25) is 0 Å². The van der Waals surface area contributed by atoms with Crippen molar-refractivity contribution in [1.82, 2.24) is 9.97 Å². The van der Waals surface area contributed by atoms with Crippen molar-refractivity contribution < 1.29 is 4.74 Å². The highest BCUT2D eigenvalue weighted by atomic mass is 16.5. The Kier molecular flexibility index (Phi) is 4.30. The van der Waals surface area contributed by atoms with E-state index in [1.54, 1.807) is 18.5 Å². The highest BCUT2D eigenvalue weighted by molar-refractivity contribution is 5.41. The Hall–Kier alpha value is -2.36. The maximum absolute atomic E-state index is 5.59. The zero-order valence-electron chi connectivity index (χ0n) is 10.0. The summed E-state index contributed by atoms with van der Waals surface area (Å²) in [6.07, 6.45) is 6.71. The van der Waals surface area contributed by atoms with Crippen LogP contribution in [0.3, 0.4) is 0 Å².